The van der Waals surface area contributed by atoms with Crippen LogP contribution in [0.25, 0.3) is 0 Å². The van der Waals surface area contributed by atoms with Crippen molar-refractivity contribution in [1.29, 1.82) is 0 Å². The van der Waals surface area contributed by atoms with E-state index in [-0.39, 0.29) is 38.5 Å². The van der Waals surface area contributed by atoms with E-state index >= 15 is 0 Å². The van der Waals surface area contributed by atoms with Crippen LogP contribution in [0, 0.1) is 77.1 Å². The molecule has 3 rings (SSSR count). The molecule has 0 saturated heterocycles. The van der Waals surface area contributed by atoms with Gasteiger partial charge in [-0.25, -0.2) is 6.42 Å². The fraction of sp³-hybridized carbons (Fsp3) is 0.469. The first kappa shape index (κ1) is 39.3. The summed E-state index contributed by atoms with van der Waals surface area (Å²) in [5, 5.41) is 0. The van der Waals surface area contributed by atoms with Crippen LogP contribution in [-0.4, -0.2) is 0 Å². The van der Waals surface area contributed by atoms with E-state index in [0.29, 0.717) is 11.8 Å². The van der Waals surface area contributed by atoms with Gasteiger partial charge in [0.25, 0.3) is 0 Å². The summed E-state index contributed by atoms with van der Waals surface area (Å²) in [4.78, 5) is 0. The molecule has 1 aromatic carbocycles. The molecule has 0 aliphatic heterocycles. The first-order valence-electron chi connectivity index (χ1n) is 12.3. The monoisotopic (exact) mass is 675 g/mol. The van der Waals surface area contributed by atoms with Gasteiger partial charge in [-0.2, -0.15) is 24.1 Å². The van der Waals surface area contributed by atoms with E-state index in [4.69, 9.17) is 0 Å². The zero-order valence-corrected chi connectivity index (χ0v) is 27.7. The molecule has 1 aromatic rings. The van der Waals surface area contributed by atoms with Crippen LogP contribution in [0.2, 0.25) is 0 Å². The predicted octanol–water partition coefficient (Wildman–Crippen LogP) is 10.6. The van der Waals surface area contributed by atoms with Gasteiger partial charge in [0.2, 0.25) is 0 Å². The van der Waals surface area contributed by atoms with Gasteiger partial charge in [0, 0.05) is 0 Å². The van der Waals surface area contributed by atoms with E-state index in [9.17, 15) is 0 Å². The van der Waals surface area contributed by atoms with Crippen LogP contribution in [0.4, 0.5) is 0 Å². The number of aryl methyl sites for hydroxylation is 1. The largest absolute Gasteiger partial charge is 3.00 e. The molecule has 0 amide bonds. The van der Waals surface area contributed by atoms with E-state index in [1.807, 2.05) is 45.9 Å². The van der Waals surface area contributed by atoms with E-state index in [1.54, 1.807) is 5.57 Å². The van der Waals surface area contributed by atoms with Gasteiger partial charge in [-0.3, -0.25) is 0 Å². The zero-order valence-electron chi connectivity index (χ0n) is 23.5. The molecule has 2 atom stereocenters. The molecule has 0 bridgehead atoms. The van der Waals surface area contributed by atoms with Crippen LogP contribution < -0.4 is 0 Å². The fourth-order valence-corrected chi connectivity index (χ4v) is 3.03. The molecule has 0 heterocycles. The minimum atomic E-state index is 0. The second-order valence-corrected chi connectivity index (χ2v) is 7.87. The molecule has 0 aromatic heterocycles. The third-order valence-electron chi connectivity index (χ3n) is 5.17. The van der Waals surface area contributed by atoms with Crippen molar-refractivity contribution >= 4 is 0 Å². The SMILES string of the molecule is CC.CC.CC(C)C1=CC=CCC1.Cc1ccccc1.[CH2-]CC1=CC(C)[C@@H](C)C=C1[CH2-].[CH3-].[U+3]. The van der Waals surface area contributed by atoms with Crippen molar-refractivity contribution in [3.8, 4) is 0 Å². The normalized spacial score (nSPS) is 17.6. The Labute approximate surface area is 233 Å². The van der Waals surface area contributed by atoms with Crippen molar-refractivity contribution in [2.45, 2.75) is 81.6 Å². The topological polar surface area (TPSA) is 0 Å². The Hall–Kier alpha value is -0.898. The van der Waals surface area contributed by atoms with Gasteiger partial charge < -0.3 is 14.4 Å². The maximum Gasteiger partial charge on any atom is 3.00 e. The molecule has 0 fully saturated rings. The molecular weight excluding hydrogens is 622 g/mol. The van der Waals surface area contributed by atoms with Crippen LogP contribution >= 0.6 is 0 Å². The van der Waals surface area contributed by atoms with Crippen molar-refractivity contribution in [3.63, 3.8) is 0 Å². The molecule has 33 heavy (non-hydrogen) atoms. The molecule has 2 aliphatic carbocycles. The molecular formula is C32H53U. The number of hydrogen-bond donors (Lipinski definition) is 0. The summed E-state index contributed by atoms with van der Waals surface area (Å²) in [5.74, 6) is 2.03. The average molecular weight is 676 g/mol. The van der Waals surface area contributed by atoms with E-state index in [2.05, 4.69) is 91.0 Å². The molecule has 0 saturated carbocycles. The predicted molar refractivity (Wildman–Crippen MR) is 151 cm³/mol. The summed E-state index contributed by atoms with van der Waals surface area (Å²) < 4.78 is 0. The minimum Gasteiger partial charge on any atom is -0.358 e. The summed E-state index contributed by atoms with van der Waals surface area (Å²) in [6.45, 7) is 26.9. The molecule has 0 spiro atoms. The minimum absolute atomic E-state index is 0. The molecule has 0 N–H and O–H groups in total. The molecule has 2 aliphatic rings. The van der Waals surface area contributed by atoms with Gasteiger partial charge in [-0.1, -0.05) is 121 Å². The van der Waals surface area contributed by atoms with Crippen LogP contribution in [0.3, 0.4) is 0 Å². The Morgan fingerprint density at radius 1 is 0.939 bits per heavy atom. The third kappa shape index (κ3) is 19.1. The van der Waals surface area contributed by atoms with E-state index in [0.717, 1.165) is 12.3 Å². The van der Waals surface area contributed by atoms with Crippen molar-refractivity contribution in [2.75, 3.05) is 0 Å². The smallest absolute Gasteiger partial charge is 0.358 e. The number of rotatable bonds is 2. The molecule has 0 nitrogen and oxygen atoms in total. The van der Waals surface area contributed by atoms with Gasteiger partial charge in [-0.05, 0) is 31.6 Å². The van der Waals surface area contributed by atoms with Gasteiger partial charge in [-0.15, -0.1) is 6.08 Å². The maximum absolute atomic E-state index is 3.99. The summed E-state index contributed by atoms with van der Waals surface area (Å²) in [5.41, 5.74) is 5.40. The Morgan fingerprint density at radius 2 is 1.45 bits per heavy atom. The Bertz CT molecular complexity index is 659. The summed E-state index contributed by atoms with van der Waals surface area (Å²) in [7, 11) is 0. The number of hydrogen-bond acceptors (Lipinski definition) is 0. The van der Waals surface area contributed by atoms with Crippen LogP contribution in [0.5, 0.6) is 0 Å². The van der Waals surface area contributed by atoms with Crippen molar-refractivity contribution in [2.24, 2.45) is 17.8 Å². The van der Waals surface area contributed by atoms with Gasteiger partial charge in [0.05, 0.1) is 0 Å². The Balaban J connectivity index is -0.000000175. The van der Waals surface area contributed by atoms with Crippen molar-refractivity contribution < 1.29 is 31.1 Å². The number of allylic oxidation sites excluding steroid dienone is 8. The summed E-state index contributed by atoms with van der Waals surface area (Å²) in [6.07, 6.45) is 14.6. The second kappa shape index (κ2) is 25.7. The summed E-state index contributed by atoms with van der Waals surface area (Å²) in [6, 6.07) is 10.3. The Kier molecular flexibility index (Phi) is 30.6. The van der Waals surface area contributed by atoms with Crippen LogP contribution in [-0.2, 0) is 0 Å². The van der Waals surface area contributed by atoms with Crippen LogP contribution in [0.15, 0.2) is 77.4 Å². The standard InChI is InChI=1S/C11H16.C9H14.C7H8.2C2H6.CH3.U/c1-5-11-7-9(3)8(2)6-10(11)4;1-8(2)9-6-4-3-5-7-9;1-7-5-3-2-4-6-7;2*1-2;;/h6-9H,1,4-5H2,2-3H3;3-4,6,8H,5,7H2,1-2H3;2-6H,1H3;2*1-2H3;1H3;/q-2;;;;;-1;+3/t8-,9?;;;;;;/m0....../s1. The average Bonchev–Trinajstić information content (AvgIpc) is 2.81. The summed E-state index contributed by atoms with van der Waals surface area (Å²) >= 11 is 0. The van der Waals surface area contributed by atoms with Gasteiger partial charge in [0.15, 0.2) is 0 Å². The van der Waals surface area contributed by atoms with Gasteiger partial charge in [0.1, 0.15) is 0 Å². The second-order valence-electron chi connectivity index (χ2n) is 7.87. The van der Waals surface area contributed by atoms with Crippen molar-refractivity contribution in [3.05, 3.63) is 104 Å². The quantitative estimate of drug-likeness (QED) is 0.274. The molecule has 185 valence electrons. The maximum atomic E-state index is 3.99. The first-order valence-corrected chi connectivity index (χ1v) is 12.3. The van der Waals surface area contributed by atoms with Crippen LogP contribution in [0.1, 0.15) is 80.2 Å². The van der Waals surface area contributed by atoms with Gasteiger partial charge >= 0.3 is 31.1 Å². The van der Waals surface area contributed by atoms with E-state index < -0.39 is 0 Å². The molecule has 1 radical (unpaired) electrons. The molecule has 1 heteroatoms. The molecule has 1 unspecified atom stereocenters. The fourth-order valence-electron chi connectivity index (χ4n) is 3.03. The number of benzene rings is 1. The third-order valence-corrected chi connectivity index (χ3v) is 5.17. The van der Waals surface area contributed by atoms with E-state index in [1.165, 1.54) is 29.6 Å². The first-order chi connectivity index (χ1) is 14.8. The zero-order chi connectivity index (χ0) is 24.2. The Morgan fingerprint density at radius 3 is 1.79 bits per heavy atom. The van der Waals surface area contributed by atoms with Crippen molar-refractivity contribution in [1.82, 2.24) is 0 Å².